The Labute approximate surface area is 164 Å². The minimum absolute atomic E-state index is 0.0757. The van der Waals surface area contributed by atoms with Crippen LogP contribution in [0.2, 0.25) is 0 Å². The van der Waals surface area contributed by atoms with Gasteiger partial charge in [-0.3, -0.25) is 10.1 Å². The molecule has 1 saturated heterocycles. The van der Waals surface area contributed by atoms with Gasteiger partial charge in [-0.2, -0.15) is 4.31 Å². The van der Waals surface area contributed by atoms with Crippen molar-refractivity contribution in [1.82, 2.24) is 9.62 Å². The molecule has 2 aromatic carbocycles. The van der Waals surface area contributed by atoms with Crippen molar-refractivity contribution in [2.45, 2.75) is 25.7 Å². The zero-order valence-electron chi connectivity index (χ0n) is 16.1. The molecule has 1 fully saturated rings. The first-order valence-corrected chi connectivity index (χ1v) is 10.4. The molecular weight excluding hydrogens is 382 g/mol. The predicted octanol–water partition coefficient (Wildman–Crippen LogP) is 2.91. The Kier molecular flexibility index (Phi) is 5.69. The van der Waals surface area contributed by atoms with Crippen molar-refractivity contribution in [3.63, 3.8) is 0 Å². The van der Waals surface area contributed by atoms with Crippen molar-refractivity contribution in [3.05, 3.63) is 57.1 Å². The number of non-ortho nitro benzene ring substituents is 1. The molecule has 0 spiro atoms. The van der Waals surface area contributed by atoms with Crippen molar-refractivity contribution in [2.24, 2.45) is 0 Å². The molecule has 0 bridgehead atoms. The maximum Gasteiger partial charge on any atom is 0.271 e. The Morgan fingerprint density at radius 3 is 2.25 bits per heavy atom. The zero-order chi connectivity index (χ0) is 20.5. The summed E-state index contributed by atoms with van der Waals surface area (Å²) in [4.78, 5) is 10.4. The van der Waals surface area contributed by atoms with Crippen LogP contribution >= 0.6 is 0 Å². The number of nitro benzene ring substituents is 1. The van der Waals surface area contributed by atoms with Crippen LogP contribution in [0.5, 0.6) is 11.5 Å². The fraction of sp³-hybridized carbons (Fsp3) is 0.368. The Morgan fingerprint density at radius 2 is 1.68 bits per heavy atom. The molecule has 0 radical (unpaired) electrons. The van der Waals surface area contributed by atoms with Crippen molar-refractivity contribution < 1.29 is 18.1 Å². The van der Waals surface area contributed by atoms with Gasteiger partial charge in [0.25, 0.3) is 5.69 Å². The van der Waals surface area contributed by atoms with Gasteiger partial charge in [0.1, 0.15) is 16.4 Å². The smallest absolute Gasteiger partial charge is 0.271 e. The molecule has 0 aromatic heterocycles. The Bertz CT molecular complexity index is 991. The van der Waals surface area contributed by atoms with E-state index in [4.69, 9.17) is 4.74 Å². The number of aryl methyl sites for hydroxylation is 2. The first-order chi connectivity index (χ1) is 13.2. The van der Waals surface area contributed by atoms with E-state index in [-0.39, 0.29) is 16.3 Å². The summed E-state index contributed by atoms with van der Waals surface area (Å²) in [5.74, 6) is 0.568. The number of nitrogens with one attached hydrogen (secondary N) is 1. The summed E-state index contributed by atoms with van der Waals surface area (Å²) < 4.78 is 33.5. The number of nitrogens with zero attached hydrogens (tertiary/aromatic N) is 2. The molecule has 0 saturated carbocycles. The lowest BCUT2D eigenvalue weighted by Crippen LogP contribution is -2.46. The van der Waals surface area contributed by atoms with Gasteiger partial charge in [-0.25, -0.2) is 8.42 Å². The lowest BCUT2D eigenvalue weighted by molar-refractivity contribution is -0.385. The number of hydrogen-bond acceptors (Lipinski definition) is 6. The monoisotopic (exact) mass is 405 g/mol. The molecule has 28 heavy (non-hydrogen) atoms. The molecule has 1 heterocycles. The number of piperazine rings is 1. The third-order valence-electron chi connectivity index (χ3n) is 4.96. The Hall–Kier alpha value is -2.49. The van der Waals surface area contributed by atoms with E-state index in [1.165, 1.54) is 16.4 Å². The molecule has 0 aliphatic carbocycles. The minimum Gasteiger partial charge on any atom is -0.456 e. The molecule has 1 N–H and O–H groups in total. The third kappa shape index (κ3) is 4.01. The molecule has 2 aromatic rings. The predicted molar refractivity (Wildman–Crippen MR) is 105 cm³/mol. The van der Waals surface area contributed by atoms with Crippen molar-refractivity contribution in [3.8, 4) is 11.5 Å². The highest BCUT2D eigenvalue weighted by molar-refractivity contribution is 7.89. The van der Waals surface area contributed by atoms with Crippen LogP contribution in [0.1, 0.15) is 16.7 Å². The second-order valence-electron chi connectivity index (χ2n) is 6.83. The molecule has 1 aliphatic heterocycles. The maximum absolute atomic E-state index is 13.2. The molecule has 1 aliphatic rings. The van der Waals surface area contributed by atoms with Gasteiger partial charge < -0.3 is 10.1 Å². The van der Waals surface area contributed by atoms with E-state index in [0.29, 0.717) is 31.9 Å². The lowest BCUT2D eigenvalue weighted by Gasteiger charge is -2.27. The van der Waals surface area contributed by atoms with Crippen LogP contribution in [0.25, 0.3) is 0 Å². The maximum atomic E-state index is 13.2. The summed E-state index contributed by atoms with van der Waals surface area (Å²) in [6.45, 7) is 7.55. The first-order valence-electron chi connectivity index (χ1n) is 8.95. The summed E-state index contributed by atoms with van der Waals surface area (Å²) in [6.07, 6.45) is 0. The second-order valence-corrected chi connectivity index (χ2v) is 8.73. The van der Waals surface area contributed by atoms with E-state index < -0.39 is 14.9 Å². The van der Waals surface area contributed by atoms with Gasteiger partial charge in [0.05, 0.1) is 4.92 Å². The molecule has 0 atom stereocenters. The number of benzene rings is 2. The zero-order valence-corrected chi connectivity index (χ0v) is 16.9. The SMILES string of the molecule is Cc1cc(Oc2ccc([N+](=O)[O-])cc2S(=O)(=O)N2CCNCC2)cc(C)c1C. The largest absolute Gasteiger partial charge is 0.456 e. The highest BCUT2D eigenvalue weighted by Gasteiger charge is 2.31. The van der Waals surface area contributed by atoms with Crippen molar-refractivity contribution in [2.75, 3.05) is 26.2 Å². The Morgan fingerprint density at radius 1 is 1.07 bits per heavy atom. The highest BCUT2D eigenvalue weighted by atomic mass is 32.2. The minimum atomic E-state index is -3.93. The van der Waals surface area contributed by atoms with Gasteiger partial charge in [0.2, 0.25) is 10.0 Å². The average molecular weight is 405 g/mol. The normalized spacial score (nSPS) is 15.4. The lowest BCUT2D eigenvalue weighted by atomic mass is 10.0. The van der Waals surface area contributed by atoms with E-state index in [1.807, 2.05) is 32.9 Å². The fourth-order valence-electron chi connectivity index (χ4n) is 3.10. The van der Waals surface area contributed by atoms with Crippen LogP contribution in [0, 0.1) is 30.9 Å². The number of ether oxygens (including phenoxy) is 1. The summed E-state index contributed by atoms with van der Waals surface area (Å²) in [5, 5.41) is 14.3. The number of nitro groups is 1. The summed E-state index contributed by atoms with van der Waals surface area (Å²) in [6, 6.07) is 7.31. The summed E-state index contributed by atoms with van der Waals surface area (Å²) in [5.41, 5.74) is 2.87. The van der Waals surface area contributed by atoms with Crippen LogP contribution in [0.4, 0.5) is 5.69 Å². The van der Waals surface area contributed by atoms with Gasteiger partial charge in [0.15, 0.2) is 0 Å². The molecule has 8 nitrogen and oxygen atoms in total. The summed E-state index contributed by atoms with van der Waals surface area (Å²) in [7, 11) is -3.93. The molecule has 0 unspecified atom stereocenters. The van der Waals surface area contributed by atoms with Crippen LogP contribution in [0.15, 0.2) is 35.2 Å². The Balaban J connectivity index is 2.07. The fourth-order valence-corrected chi connectivity index (χ4v) is 4.68. The van der Waals surface area contributed by atoms with E-state index >= 15 is 0 Å². The van der Waals surface area contributed by atoms with Crippen molar-refractivity contribution in [1.29, 1.82) is 0 Å². The van der Waals surface area contributed by atoms with Crippen LogP contribution in [-0.4, -0.2) is 43.8 Å². The topological polar surface area (TPSA) is 102 Å². The standard InChI is InChI=1S/C19H23N3O5S/c1-13-10-17(11-14(2)15(13)3)27-18-5-4-16(22(23)24)12-19(18)28(25,26)21-8-6-20-7-9-21/h4-5,10-12,20H,6-9H2,1-3H3. The van der Waals surface area contributed by atoms with E-state index in [1.54, 1.807) is 0 Å². The number of hydrogen-bond donors (Lipinski definition) is 1. The van der Waals surface area contributed by atoms with E-state index in [9.17, 15) is 18.5 Å². The van der Waals surface area contributed by atoms with E-state index in [0.717, 1.165) is 22.8 Å². The first kappa shape index (κ1) is 20.2. The van der Waals surface area contributed by atoms with Crippen LogP contribution < -0.4 is 10.1 Å². The van der Waals surface area contributed by atoms with Gasteiger partial charge >= 0.3 is 0 Å². The quantitative estimate of drug-likeness (QED) is 0.606. The van der Waals surface area contributed by atoms with Gasteiger partial charge in [-0.15, -0.1) is 0 Å². The van der Waals surface area contributed by atoms with Gasteiger partial charge in [-0.1, -0.05) is 0 Å². The second kappa shape index (κ2) is 7.86. The van der Waals surface area contributed by atoms with Crippen LogP contribution in [0.3, 0.4) is 0 Å². The van der Waals surface area contributed by atoms with Gasteiger partial charge in [-0.05, 0) is 55.7 Å². The number of sulfonamides is 1. The molecule has 150 valence electrons. The molecule has 9 heteroatoms. The average Bonchev–Trinajstić information content (AvgIpc) is 2.66. The van der Waals surface area contributed by atoms with E-state index in [2.05, 4.69) is 5.32 Å². The number of rotatable bonds is 5. The third-order valence-corrected chi connectivity index (χ3v) is 6.88. The summed E-state index contributed by atoms with van der Waals surface area (Å²) >= 11 is 0. The van der Waals surface area contributed by atoms with Crippen LogP contribution in [-0.2, 0) is 10.0 Å². The molecule has 3 rings (SSSR count). The van der Waals surface area contributed by atoms with Crippen molar-refractivity contribution >= 4 is 15.7 Å². The highest BCUT2D eigenvalue weighted by Crippen LogP contribution is 2.35. The van der Waals surface area contributed by atoms with Gasteiger partial charge in [0, 0.05) is 38.3 Å². The molecule has 0 amide bonds. The molecular formula is C19H23N3O5S.